The summed E-state index contributed by atoms with van der Waals surface area (Å²) in [7, 11) is 1.60. The Morgan fingerprint density at radius 2 is 2.19 bits per heavy atom. The van der Waals surface area contributed by atoms with E-state index in [4.69, 9.17) is 16.3 Å². The average molecular weight is 306 g/mol. The van der Waals surface area contributed by atoms with Crippen molar-refractivity contribution in [3.63, 3.8) is 0 Å². The van der Waals surface area contributed by atoms with Gasteiger partial charge < -0.3 is 15.0 Å². The van der Waals surface area contributed by atoms with E-state index >= 15 is 0 Å². The standard InChI is InChI=1S/C15H13ClFN3O/c1-21-14-4-2-3-11(16)10(14)8-18-15-19-12-6-5-9(17)7-13(12)20-15/h2-7H,8H2,1H3,(H2,18,19,20). The Balaban J connectivity index is 1.83. The summed E-state index contributed by atoms with van der Waals surface area (Å²) in [4.78, 5) is 7.35. The van der Waals surface area contributed by atoms with Crippen LogP contribution in [0.5, 0.6) is 5.75 Å². The summed E-state index contributed by atoms with van der Waals surface area (Å²) in [5, 5.41) is 3.75. The number of nitrogens with one attached hydrogen (secondary N) is 2. The van der Waals surface area contributed by atoms with Crippen LogP contribution < -0.4 is 10.1 Å². The number of aromatic nitrogens is 2. The Bertz CT molecular complexity index is 788. The highest BCUT2D eigenvalue weighted by molar-refractivity contribution is 6.31. The molecule has 0 atom stereocenters. The normalized spacial score (nSPS) is 10.8. The minimum absolute atomic E-state index is 0.300. The lowest BCUT2D eigenvalue weighted by Crippen LogP contribution is -2.03. The number of imidazole rings is 1. The summed E-state index contributed by atoms with van der Waals surface area (Å²) in [6.45, 7) is 0.450. The van der Waals surface area contributed by atoms with Crippen molar-refractivity contribution in [2.45, 2.75) is 6.54 Å². The van der Waals surface area contributed by atoms with Crippen molar-refractivity contribution < 1.29 is 9.13 Å². The zero-order chi connectivity index (χ0) is 14.8. The molecule has 0 spiro atoms. The molecule has 6 heteroatoms. The minimum atomic E-state index is -0.300. The molecular formula is C15H13ClFN3O. The van der Waals surface area contributed by atoms with Gasteiger partial charge in [0.05, 0.1) is 18.1 Å². The first-order chi connectivity index (χ1) is 10.2. The molecule has 1 heterocycles. The van der Waals surface area contributed by atoms with Crippen LogP contribution in [0.15, 0.2) is 36.4 Å². The Hall–Kier alpha value is -2.27. The molecule has 0 amide bonds. The van der Waals surface area contributed by atoms with Crippen molar-refractivity contribution in [2.24, 2.45) is 0 Å². The number of hydrogen-bond acceptors (Lipinski definition) is 3. The number of H-pyrrole nitrogens is 1. The van der Waals surface area contributed by atoms with E-state index in [0.717, 1.165) is 5.56 Å². The summed E-state index contributed by atoms with van der Waals surface area (Å²) in [5.41, 5.74) is 2.18. The Kier molecular flexibility index (Phi) is 3.66. The summed E-state index contributed by atoms with van der Waals surface area (Å²) in [6, 6.07) is 9.89. The number of hydrogen-bond donors (Lipinski definition) is 2. The monoisotopic (exact) mass is 305 g/mol. The molecule has 0 aliphatic carbocycles. The van der Waals surface area contributed by atoms with Gasteiger partial charge in [0.1, 0.15) is 11.6 Å². The van der Waals surface area contributed by atoms with Crippen LogP contribution in [0.2, 0.25) is 5.02 Å². The second kappa shape index (κ2) is 5.61. The Labute approximate surface area is 125 Å². The van der Waals surface area contributed by atoms with Crippen LogP contribution in [0.3, 0.4) is 0 Å². The molecule has 2 aromatic carbocycles. The number of halogens is 2. The van der Waals surface area contributed by atoms with Crippen LogP contribution in [-0.2, 0) is 6.54 Å². The Morgan fingerprint density at radius 1 is 1.33 bits per heavy atom. The van der Waals surface area contributed by atoms with Gasteiger partial charge in [-0.1, -0.05) is 17.7 Å². The molecular weight excluding hydrogens is 293 g/mol. The summed E-state index contributed by atoms with van der Waals surface area (Å²) in [5.74, 6) is 0.959. The second-order valence-electron chi connectivity index (χ2n) is 4.52. The lowest BCUT2D eigenvalue weighted by molar-refractivity contribution is 0.410. The van der Waals surface area contributed by atoms with Crippen LogP contribution in [0.25, 0.3) is 11.0 Å². The van der Waals surface area contributed by atoms with Crippen LogP contribution in [-0.4, -0.2) is 17.1 Å². The van der Waals surface area contributed by atoms with Crippen LogP contribution >= 0.6 is 11.6 Å². The van der Waals surface area contributed by atoms with E-state index in [1.807, 2.05) is 12.1 Å². The third-order valence-corrected chi connectivity index (χ3v) is 3.53. The van der Waals surface area contributed by atoms with E-state index in [0.29, 0.717) is 34.3 Å². The van der Waals surface area contributed by atoms with Gasteiger partial charge in [-0.25, -0.2) is 9.37 Å². The summed E-state index contributed by atoms with van der Waals surface area (Å²) < 4.78 is 18.4. The molecule has 21 heavy (non-hydrogen) atoms. The Morgan fingerprint density at radius 3 is 3.00 bits per heavy atom. The van der Waals surface area contributed by atoms with Crippen LogP contribution in [0.4, 0.5) is 10.3 Å². The molecule has 0 aliphatic heterocycles. The van der Waals surface area contributed by atoms with E-state index in [9.17, 15) is 4.39 Å². The SMILES string of the molecule is COc1cccc(Cl)c1CNc1nc2ccc(F)cc2[nH]1. The maximum atomic E-state index is 13.1. The van der Waals surface area contributed by atoms with Crippen molar-refractivity contribution in [3.05, 3.63) is 52.8 Å². The first-order valence-electron chi connectivity index (χ1n) is 6.38. The van der Waals surface area contributed by atoms with E-state index in [1.54, 1.807) is 19.2 Å². The molecule has 3 rings (SSSR count). The molecule has 4 nitrogen and oxygen atoms in total. The average Bonchev–Trinajstić information content (AvgIpc) is 2.87. The largest absolute Gasteiger partial charge is 0.496 e. The molecule has 1 aromatic heterocycles. The number of aromatic amines is 1. The number of anilines is 1. The molecule has 2 N–H and O–H groups in total. The first kappa shape index (κ1) is 13.7. The lowest BCUT2D eigenvalue weighted by atomic mass is 10.2. The molecule has 0 saturated heterocycles. The van der Waals surface area contributed by atoms with Gasteiger partial charge >= 0.3 is 0 Å². The quantitative estimate of drug-likeness (QED) is 0.766. The predicted octanol–water partition coefficient (Wildman–Crippen LogP) is 3.98. The third kappa shape index (κ3) is 2.78. The number of nitrogens with zero attached hydrogens (tertiary/aromatic N) is 1. The lowest BCUT2D eigenvalue weighted by Gasteiger charge is -2.10. The topological polar surface area (TPSA) is 49.9 Å². The van der Waals surface area contributed by atoms with Crippen molar-refractivity contribution in [3.8, 4) is 5.75 Å². The molecule has 108 valence electrons. The highest BCUT2D eigenvalue weighted by atomic mass is 35.5. The number of rotatable bonds is 4. The van der Waals surface area contributed by atoms with Crippen molar-refractivity contribution in [1.29, 1.82) is 0 Å². The van der Waals surface area contributed by atoms with Crippen molar-refractivity contribution in [2.75, 3.05) is 12.4 Å². The zero-order valence-electron chi connectivity index (χ0n) is 11.3. The van der Waals surface area contributed by atoms with Gasteiger partial charge in [-0.3, -0.25) is 0 Å². The highest BCUT2D eigenvalue weighted by Crippen LogP contribution is 2.27. The number of ether oxygens (including phenoxy) is 1. The minimum Gasteiger partial charge on any atom is -0.496 e. The molecule has 0 saturated carbocycles. The van der Waals surface area contributed by atoms with Gasteiger partial charge in [0.2, 0.25) is 5.95 Å². The van der Waals surface area contributed by atoms with Gasteiger partial charge in [-0.05, 0) is 30.3 Å². The zero-order valence-corrected chi connectivity index (χ0v) is 12.0. The van der Waals surface area contributed by atoms with Crippen molar-refractivity contribution >= 4 is 28.6 Å². The summed E-state index contributed by atoms with van der Waals surface area (Å²) in [6.07, 6.45) is 0. The van der Waals surface area contributed by atoms with Gasteiger partial charge in [0, 0.05) is 17.1 Å². The van der Waals surface area contributed by atoms with E-state index in [-0.39, 0.29) is 5.82 Å². The fraction of sp³-hybridized carbons (Fsp3) is 0.133. The molecule has 0 radical (unpaired) electrons. The first-order valence-corrected chi connectivity index (χ1v) is 6.75. The van der Waals surface area contributed by atoms with E-state index < -0.39 is 0 Å². The van der Waals surface area contributed by atoms with Gasteiger partial charge in [0.15, 0.2) is 0 Å². The second-order valence-corrected chi connectivity index (χ2v) is 4.93. The smallest absolute Gasteiger partial charge is 0.201 e. The molecule has 0 fully saturated rings. The van der Waals surface area contributed by atoms with E-state index in [1.165, 1.54) is 12.1 Å². The fourth-order valence-electron chi connectivity index (χ4n) is 2.14. The molecule has 0 aliphatic rings. The van der Waals surface area contributed by atoms with Crippen LogP contribution in [0, 0.1) is 5.82 Å². The predicted molar refractivity (Wildman–Crippen MR) is 81.4 cm³/mol. The number of fused-ring (bicyclic) bond motifs is 1. The summed E-state index contributed by atoms with van der Waals surface area (Å²) >= 11 is 6.17. The van der Waals surface area contributed by atoms with Gasteiger partial charge in [-0.15, -0.1) is 0 Å². The number of benzene rings is 2. The highest BCUT2D eigenvalue weighted by Gasteiger charge is 2.09. The third-order valence-electron chi connectivity index (χ3n) is 3.17. The van der Waals surface area contributed by atoms with Crippen LogP contribution in [0.1, 0.15) is 5.56 Å². The van der Waals surface area contributed by atoms with Gasteiger partial charge in [0.25, 0.3) is 0 Å². The maximum absolute atomic E-state index is 13.1. The molecule has 0 bridgehead atoms. The number of methoxy groups -OCH3 is 1. The fourth-order valence-corrected chi connectivity index (χ4v) is 2.37. The van der Waals surface area contributed by atoms with Gasteiger partial charge in [-0.2, -0.15) is 0 Å². The van der Waals surface area contributed by atoms with E-state index in [2.05, 4.69) is 15.3 Å². The molecule has 0 unspecified atom stereocenters. The maximum Gasteiger partial charge on any atom is 0.201 e. The van der Waals surface area contributed by atoms with Crippen molar-refractivity contribution in [1.82, 2.24) is 9.97 Å². The molecule has 3 aromatic rings.